The van der Waals surface area contributed by atoms with E-state index in [2.05, 4.69) is 16.7 Å². The number of aryl methyl sites for hydroxylation is 1. The molecule has 1 amide bonds. The standard InChI is InChI=1S/C21H20ClN3O2S/c1-3-12-25(20(26)14-28-18-10-4-15(2)5-11-18)13-19-23-21(24-27-19)16-6-8-17(22)9-7-16/h3-11H,1,12-14H2,2H3. The Morgan fingerprint density at radius 3 is 2.61 bits per heavy atom. The molecule has 0 atom stereocenters. The van der Waals surface area contributed by atoms with E-state index in [-0.39, 0.29) is 12.5 Å². The molecule has 28 heavy (non-hydrogen) atoms. The number of carbonyl (C=O) groups excluding carboxylic acids is 1. The number of aromatic nitrogens is 2. The Labute approximate surface area is 173 Å². The van der Waals surface area contributed by atoms with E-state index >= 15 is 0 Å². The van der Waals surface area contributed by atoms with E-state index in [1.165, 1.54) is 17.3 Å². The van der Waals surface area contributed by atoms with Gasteiger partial charge in [-0.1, -0.05) is 40.5 Å². The molecule has 0 spiro atoms. The Kier molecular flexibility index (Phi) is 6.90. The summed E-state index contributed by atoms with van der Waals surface area (Å²) in [6.07, 6.45) is 1.69. The van der Waals surface area contributed by atoms with Gasteiger partial charge in [-0.05, 0) is 43.3 Å². The van der Waals surface area contributed by atoms with Crippen LogP contribution in [-0.2, 0) is 11.3 Å². The van der Waals surface area contributed by atoms with Crippen molar-refractivity contribution in [1.29, 1.82) is 0 Å². The van der Waals surface area contributed by atoms with Crippen molar-refractivity contribution in [2.75, 3.05) is 12.3 Å². The van der Waals surface area contributed by atoms with Crippen molar-refractivity contribution in [3.63, 3.8) is 0 Å². The molecule has 1 aromatic heterocycles. The molecule has 0 N–H and O–H groups in total. The van der Waals surface area contributed by atoms with Gasteiger partial charge >= 0.3 is 0 Å². The normalized spacial score (nSPS) is 10.6. The molecule has 0 aliphatic carbocycles. The first-order valence-electron chi connectivity index (χ1n) is 8.72. The fraction of sp³-hybridized carbons (Fsp3) is 0.190. The molecule has 0 saturated heterocycles. The van der Waals surface area contributed by atoms with Crippen LogP contribution in [0.2, 0.25) is 5.02 Å². The zero-order chi connectivity index (χ0) is 19.9. The topological polar surface area (TPSA) is 59.2 Å². The van der Waals surface area contributed by atoms with E-state index in [0.717, 1.165) is 10.5 Å². The van der Waals surface area contributed by atoms with Gasteiger partial charge in [-0.3, -0.25) is 4.79 Å². The van der Waals surface area contributed by atoms with Gasteiger partial charge in [-0.2, -0.15) is 4.98 Å². The number of rotatable bonds is 8. The highest BCUT2D eigenvalue weighted by molar-refractivity contribution is 8.00. The molecule has 5 nitrogen and oxygen atoms in total. The second-order valence-corrected chi connectivity index (χ2v) is 7.67. The maximum atomic E-state index is 12.6. The van der Waals surface area contributed by atoms with Gasteiger partial charge in [0.1, 0.15) is 6.54 Å². The van der Waals surface area contributed by atoms with Crippen LogP contribution in [0.15, 0.2) is 70.6 Å². The zero-order valence-electron chi connectivity index (χ0n) is 15.5. The predicted molar refractivity (Wildman–Crippen MR) is 112 cm³/mol. The van der Waals surface area contributed by atoms with Gasteiger partial charge in [0, 0.05) is 22.0 Å². The molecule has 3 aromatic rings. The van der Waals surface area contributed by atoms with Crippen LogP contribution in [0.4, 0.5) is 0 Å². The summed E-state index contributed by atoms with van der Waals surface area (Å²) >= 11 is 7.41. The molecule has 0 aliphatic rings. The van der Waals surface area contributed by atoms with E-state index in [4.69, 9.17) is 16.1 Å². The quantitative estimate of drug-likeness (QED) is 0.384. The lowest BCUT2D eigenvalue weighted by Crippen LogP contribution is -2.32. The number of carbonyl (C=O) groups is 1. The van der Waals surface area contributed by atoms with E-state index < -0.39 is 0 Å². The third kappa shape index (κ3) is 5.47. The number of nitrogens with zero attached hydrogens (tertiary/aromatic N) is 3. The van der Waals surface area contributed by atoms with Crippen molar-refractivity contribution in [3.05, 3.63) is 77.7 Å². The molecule has 0 unspecified atom stereocenters. The minimum atomic E-state index is -0.0169. The highest BCUT2D eigenvalue weighted by atomic mass is 35.5. The zero-order valence-corrected chi connectivity index (χ0v) is 17.0. The number of amides is 1. The van der Waals surface area contributed by atoms with Crippen molar-refractivity contribution in [1.82, 2.24) is 15.0 Å². The molecule has 144 valence electrons. The maximum absolute atomic E-state index is 12.6. The second kappa shape index (κ2) is 9.57. The third-order valence-corrected chi connectivity index (χ3v) is 5.23. The number of hydrogen-bond donors (Lipinski definition) is 0. The number of halogens is 1. The van der Waals surface area contributed by atoms with Crippen molar-refractivity contribution < 1.29 is 9.32 Å². The predicted octanol–water partition coefficient (Wildman–Crippen LogP) is 5.01. The lowest BCUT2D eigenvalue weighted by molar-refractivity contribution is -0.128. The highest BCUT2D eigenvalue weighted by Crippen LogP contribution is 2.21. The van der Waals surface area contributed by atoms with Gasteiger partial charge in [0.2, 0.25) is 17.6 Å². The average molecular weight is 414 g/mol. The molecule has 3 rings (SSSR count). The number of thioether (sulfide) groups is 1. The molecule has 7 heteroatoms. The first-order valence-corrected chi connectivity index (χ1v) is 10.1. The Balaban J connectivity index is 1.63. The minimum Gasteiger partial charge on any atom is -0.337 e. The summed E-state index contributed by atoms with van der Waals surface area (Å²) in [5.41, 5.74) is 1.99. The summed E-state index contributed by atoms with van der Waals surface area (Å²) in [6.45, 7) is 6.41. The smallest absolute Gasteiger partial charge is 0.246 e. The monoisotopic (exact) mass is 413 g/mol. The molecule has 1 heterocycles. The molecule has 0 radical (unpaired) electrons. The van der Waals surface area contributed by atoms with Crippen LogP contribution < -0.4 is 0 Å². The fourth-order valence-electron chi connectivity index (χ4n) is 2.48. The second-order valence-electron chi connectivity index (χ2n) is 6.18. The van der Waals surface area contributed by atoms with Crippen LogP contribution >= 0.6 is 23.4 Å². The van der Waals surface area contributed by atoms with Crippen molar-refractivity contribution in [2.45, 2.75) is 18.4 Å². The molecule has 0 fully saturated rings. The fourth-order valence-corrected chi connectivity index (χ4v) is 3.41. The minimum absolute atomic E-state index is 0.0169. The van der Waals surface area contributed by atoms with E-state index in [9.17, 15) is 4.79 Å². The van der Waals surface area contributed by atoms with Crippen LogP contribution in [0.25, 0.3) is 11.4 Å². The lowest BCUT2D eigenvalue weighted by atomic mass is 10.2. The van der Waals surface area contributed by atoms with E-state index in [0.29, 0.717) is 29.0 Å². The van der Waals surface area contributed by atoms with Crippen molar-refractivity contribution >= 4 is 29.3 Å². The summed E-state index contributed by atoms with van der Waals surface area (Å²) in [6, 6.07) is 15.3. The summed E-state index contributed by atoms with van der Waals surface area (Å²) in [5.74, 6) is 1.15. The molecule has 0 saturated carbocycles. The van der Waals surface area contributed by atoms with Crippen LogP contribution in [0, 0.1) is 6.92 Å². The lowest BCUT2D eigenvalue weighted by Gasteiger charge is -2.18. The van der Waals surface area contributed by atoms with E-state index in [1.54, 1.807) is 23.1 Å². The van der Waals surface area contributed by atoms with E-state index in [1.807, 2.05) is 43.3 Å². The van der Waals surface area contributed by atoms with Gasteiger partial charge in [0.25, 0.3) is 0 Å². The molecular formula is C21H20ClN3O2S. The van der Waals surface area contributed by atoms with Crippen molar-refractivity contribution in [2.24, 2.45) is 0 Å². The van der Waals surface area contributed by atoms with Crippen LogP contribution in [0.3, 0.4) is 0 Å². The first kappa shape index (κ1) is 20.2. The summed E-state index contributed by atoms with van der Waals surface area (Å²) < 4.78 is 5.32. The Morgan fingerprint density at radius 2 is 1.93 bits per heavy atom. The number of benzene rings is 2. The number of hydrogen-bond acceptors (Lipinski definition) is 5. The van der Waals surface area contributed by atoms with Crippen LogP contribution in [0.1, 0.15) is 11.5 Å². The third-order valence-electron chi connectivity index (χ3n) is 3.98. The summed E-state index contributed by atoms with van der Waals surface area (Å²) in [4.78, 5) is 19.7. The molecular weight excluding hydrogens is 394 g/mol. The highest BCUT2D eigenvalue weighted by Gasteiger charge is 2.17. The SMILES string of the molecule is C=CCN(Cc1nc(-c2ccc(Cl)cc2)no1)C(=O)CSc1ccc(C)cc1. The van der Waals surface area contributed by atoms with Crippen molar-refractivity contribution in [3.8, 4) is 11.4 Å². The van der Waals surface area contributed by atoms with Gasteiger partial charge in [-0.15, -0.1) is 18.3 Å². The summed E-state index contributed by atoms with van der Waals surface area (Å²) in [5, 5.41) is 4.63. The summed E-state index contributed by atoms with van der Waals surface area (Å²) in [7, 11) is 0. The molecule has 0 bridgehead atoms. The Bertz CT molecular complexity index is 939. The van der Waals surface area contributed by atoms with Gasteiger partial charge < -0.3 is 9.42 Å². The molecule has 0 aliphatic heterocycles. The average Bonchev–Trinajstić information content (AvgIpc) is 3.16. The largest absolute Gasteiger partial charge is 0.337 e. The van der Waals surface area contributed by atoms with Crippen LogP contribution in [-0.4, -0.2) is 33.2 Å². The maximum Gasteiger partial charge on any atom is 0.246 e. The Morgan fingerprint density at radius 1 is 1.21 bits per heavy atom. The Hall–Kier alpha value is -2.57. The van der Waals surface area contributed by atoms with Gasteiger partial charge in [-0.25, -0.2) is 0 Å². The first-order chi connectivity index (χ1) is 13.5. The van der Waals surface area contributed by atoms with Gasteiger partial charge in [0.15, 0.2) is 0 Å². The van der Waals surface area contributed by atoms with Crippen LogP contribution in [0.5, 0.6) is 0 Å². The van der Waals surface area contributed by atoms with Gasteiger partial charge in [0.05, 0.1) is 5.75 Å². The molecule has 2 aromatic carbocycles.